The third kappa shape index (κ3) is 2.01. The number of unbranched alkanes of at least 4 members (excludes halogenated alkanes) is 1. The van der Waals surface area contributed by atoms with E-state index in [9.17, 15) is 0 Å². The molecule has 0 bridgehead atoms. The third-order valence-corrected chi connectivity index (χ3v) is 1.61. The smallest absolute Gasteiger partial charge is 0.183 e. The minimum atomic E-state index is 0.326. The first-order valence-electron chi connectivity index (χ1n) is 4.03. The predicted molar refractivity (Wildman–Crippen MR) is 42.4 cm³/mol. The normalized spacial score (nSPS) is 24.2. The largest absolute Gasteiger partial charge is 0.476 e. The SMILES string of the molecule is CCCCC1=NCC(C)O1. The van der Waals surface area contributed by atoms with Crippen molar-refractivity contribution in [2.24, 2.45) is 4.99 Å². The Morgan fingerprint density at radius 2 is 2.50 bits per heavy atom. The Bertz CT molecular complexity index is 131. The second-order valence-corrected chi connectivity index (χ2v) is 2.77. The maximum absolute atomic E-state index is 5.41. The van der Waals surface area contributed by atoms with Crippen molar-refractivity contribution in [1.82, 2.24) is 0 Å². The highest BCUT2D eigenvalue weighted by Crippen LogP contribution is 2.08. The number of ether oxygens (including phenoxy) is 1. The van der Waals surface area contributed by atoms with Crippen molar-refractivity contribution in [3.8, 4) is 0 Å². The summed E-state index contributed by atoms with van der Waals surface area (Å²) in [5, 5.41) is 0. The van der Waals surface area contributed by atoms with Crippen LogP contribution in [0.2, 0.25) is 0 Å². The molecule has 0 fully saturated rings. The Kier molecular flexibility index (Phi) is 2.72. The molecule has 0 spiro atoms. The first-order chi connectivity index (χ1) is 4.83. The van der Waals surface area contributed by atoms with E-state index in [1.807, 2.05) is 0 Å². The van der Waals surface area contributed by atoms with E-state index >= 15 is 0 Å². The Labute approximate surface area is 62.3 Å². The maximum Gasteiger partial charge on any atom is 0.183 e. The van der Waals surface area contributed by atoms with Crippen LogP contribution in [0.25, 0.3) is 0 Å². The fraction of sp³-hybridized carbons (Fsp3) is 0.875. The molecule has 0 saturated carbocycles. The molecule has 1 heterocycles. The summed E-state index contributed by atoms with van der Waals surface area (Å²) in [6.07, 6.45) is 3.77. The molecule has 0 saturated heterocycles. The van der Waals surface area contributed by atoms with Gasteiger partial charge in [0.15, 0.2) is 5.90 Å². The zero-order chi connectivity index (χ0) is 7.40. The average Bonchev–Trinajstić information content (AvgIpc) is 2.31. The number of aliphatic imine (C=N–C) groups is 1. The Hall–Kier alpha value is -0.530. The van der Waals surface area contributed by atoms with Crippen LogP contribution in [-0.2, 0) is 4.74 Å². The molecule has 1 aliphatic rings. The van der Waals surface area contributed by atoms with Crippen LogP contribution in [0.1, 0.15) is 33.1 Å². The summed E-state index contributed by atoms with van der Waals surface area (Å²) in [5.41, 5.74) is 0. The number of hydrogen-bond donors (Lipinski definition) is 0. The zero-order valence-electron chi connectivity index (χ0n) is 6.76. The van der Waals surface area contributed by atoms with E-state index in [-0.39, 0.29) is 0 Å². The zero-order valence-corrected chi connectivity index (χ0v) is 6.76. The first-order valence-corrected chi connectivity index (χ1v) is 4.03. The van der Waals surface area contributed by atoms with Crippen molar-refractivity contribution in [3.63, 3.8) is 0 Å². The van der Waals surface area contributed by atoms with Crippen molar-refractivity contribution in [3.05, 3.63) is 0 Å². The lowest BCUT2D eigenvalue weighted by Crippen LogP contribution is -2.07. The van der Waals surface area contributed by atoms with Crippen LogP contribution in [0.15, 0.2) is 4.99 Å². The molecule has 58 valence electrons. The van der Waals surface area contributed by atoms with E-state index in [2.05, 4.69) is 18.8 Å². The Morgan fingerprint density at radius 1 is 1.70 bits per heavy atom. The van der Waals surface area contributed by atoms with Gasteiger partial charge in [0.25, 0.3) is 0 Å². The number of hydrogen-bond acceptors (Lipinski definition) is 2. The van der Waals surface area contributed by atoms with Crippen molar-refractivity contribution in [2.75, 3.05) is 6.54 Å². The molecule has 0 N–H and O–H groups in total. The molecule has 2 nitrogen and oxygen atoms in total. The van der Waals surface area contributed by atoms with Crippen LogP contribution in [0.3, 0.4) is 0 Å². The van der Waals surface area contributed by atoms with Crippen LogP contribution < -0.4 is 0 Å². The highest BCUT2D eigenvalue weighted by molar-refractivity contribution is 5.77. The number of rotatable bonds is 3. The minimum Gasteiger partial charge on any atom is -0.476 e. The second-order valence-electron chi connectivity index (χ2n) is 2.77. The molecule has 0 aliphatic carbocycles. The fourth-order valence-corrected chi connectivity index (χ4v) is 1.00. The van der Waals surface area contributed by atoms with Gasteiger partial charge >= 0.3 is 0 Å². The lowest BCUT2D eigenvalue weighted by atomic mass is 10.2. The molecule has 0 aromatic heterocycles. The quantitative estimate of drug-likeness (QED) is 0.589. The Morgan fingerprint density at radius 3 is 3.00 bits per heavy atom. The van der Waals surface area contributed by atoms with Gasteiger partial charge in [-0.1, -0.05) is 13.3 Å². The molecule has 0 amide bonds. The van der Waals surface area contributed by atoms with E-state index < -0.39 is 0 Å². The first kappa shape index (κ1) is 7.58. The minimum absolute atomic E-state index is 0.326. The Balaban J connectivity index is 2.17. The summed E-state index contributed by atoms with van der Waals surface area (Å²) < 4.78 is 5.41. The molecule has 1 aliphatic heterocycles. The van der Waals surface area contributed by atoms with Gasteiger partial charge in [-0.25, -0.2) is 0 Å². The molecular weight excluding hydrogens is 126 g/mol. The molecule has 1 unspecified atom stereocenters. The molecule has 0 radical (unpaired) electrons. The summed E-state index contributed by atoms with van der Waals surface area (Å²) in [6.45, 7) is 5.10. The van der Waals surface area contributed by atoms with Gasteiger partial charge in [-0.2, -0.15) is 0 Å². The van der Waals surface area contributed by atoms with Crippen LogP contribution in [0.5, 0.6) is 0 Å². The van der Waals surface area contributed by atoms with E-state index in [0.29, 0.717) is 6.10 Å². The standard InChI is InChI=1S/C8H15NO/c1-3-4-5-8-9-6-7(2)10-8/h7H,3-6H2,1-2H3. The highest BCUT2D eigenvalue weighted by atomic mass is 16.5. The summed E-state index contributed by atoms with van der Waals surface area (Å²) in [5.74, 6) is 0.967. The predicted octanol–water partition coefficient (Wildman–Crippen LogP) is 1.99. The van der Waals surface area contributed by atoms with Crippen molar-refractivity contribution in [2.45, 2.75) is 39.2 Å². The van der Waals surface area contributed by atoms with Gasteiger partial charge in [-0.05, 0) is 13.3 Å². The molecular formula is C8H15NO. The third-order valence-electron chi connectivity index (χ3n) is 1.61. The van der Waals surface area contributed by atoms with E-state index in [0.717, 1.165) is 18.9 Å². The highest BCUT2D eigenvalue weighted by Gasteiger charge is 2.13. The second kappa shape index (κ2) is 3.59. The summed E-state index contributed by atoms with van der Waals surface area (Å²) in [4.78, 5) is 4.25. The topological polar surface area (TPSA) is 21.6 Å². The monoisotopic (exact) mass is 141 g/mol. The lowest BCUT2D eigenvalue weighted by molar-refractivity contribution is 0.239. The van der Waals surface area contributed by atoms with Crippen LogP contribution in [-0.4, -0.2) is 18.5 Å². The summed E-state index contributed by atoms with van der Waals surface area (Å²) in [6, 6.07) is 0. The van der Waals surface area contributed by atoms with E-state index in [4.69, 9.17) is 4.74 Å². The number of nitrogens with zero attached hydrogens (tertiary/aromatic N) is 1. The van der Waals surface area contributed by atoms with Crippen molar-refractivity contribution >= 4 is 5.90 Å². The molecule has 10 heavy (non-hydrogen) atoms. The average molecular weight is 141 g/mol. The fourth-order valence-electron chi connectivity index (χ4n) is 1.00. The lowest BCUT2D eigenvalue weighted by Gasteiger charge is -2.03. The van der Waals surface area contributed by atoms with Crippen molar-refractivity contribution < 1.29 is 4.74 Å². The van der Waals surface area contributed by atoms with Gasteiger partial charge in [-0.3, -0.25) is 4.99 Å². The molecule has 0 aromatic carbocycles. The van der Waals surface area contributed by atoms with Gasteiger partial charge in [0, 0.05) is 6.42 Å². The molecule has 1 atom stereocenters. The molecule has 2 heteroatoms. The molecule has 1 rings (SSSR count). The van der Waals surface area contributed by atoms with E-state index in [1.165, 1.54) is 12.8 Å². The van der Waals surface area contributed by atoms with Gasteiger partial charge in [-0.15, -0.1) is 0 Å². The summed E-state index contributed by atoms with van der Waals surface area (Å²) in [7, 11) is 0. The van der Waals surface area contributed by atoms with Gasteiger partial charge in [0.2, 0.25) is 0 Å². The van der Waals surface area contributed by atoms with Crippen LogP contribution >= 0.6 is 0 Å². The van der Waals surface area contributed by atoms with Gasteiger partial charge in [0.1, 0.15) is 6.10 Å². The van der Waals surface area contributed by atoms with Gasteiger partial charge < -0.3 is 4.74 Å². The van der Waals surface area contributed by atoms with Crippen LogP contribution in [0, 0.1) is 0 Å². The summed E-state index contributed by atoms with van der Waals surface area (Å²) >= 11 is 0. The van der Waals surface area contributed by atoms with Gasteiger partial charge in [0.05, 0.1) is 6.54 Å². The van der Waals surface area contributed by atoms with Crippen LogP contribution in [0.4, 0.5) is 0 Å². The maximum atomic E-state index is 5.41. The molecule has 0 aromatic rings. The van der Waals surface area contributed by atoms with Crippen molar-refractivity contribution in [1.29, 1.82) is 0 Å². The van der Waals surface area contributed by atoms with E-state index in [1.54, 1.807) is 0 Å².